The number of hydrogen-bond acceptors (Lipinski definition) is 3. The van der Waals surface area contributed by atoms with Gasteiger partial charge in [0.15, 0.2) is 0 Å². The zero-order chi connectivity index (χ0) is 19.0. The molecule has 0 radical (unpaired) electrons. The molecule has 0 saturated heterocycles. The Balaban J connectivity index is 1.82. The minimum atomic E-state index is -3.30. The van der Waals surface area contributed by atoms with Crippen molar-refractivity contribution in [3.63, 3.8) is 0 Å². The van der Waals surface area contributed by atoms with Crippen LogP contribution in [0, 0.1) is 6.92 Å². The molecular weight excluding hydrogens is 397 g/mol. The average Bonchev–Trinajstić information content (AvgIpc) is 2.68. The van der Waals surface area contributed by atoms with Crippen molar-refractivity contribution in [2.24, 2.45) is 0 Å². The summed E-state index contributed by atoms with van der Waals surface area (Å²) in [6, 6.07) is 22.9. The third-order valence-corrected chi connectivity index (χ3v) is 8.91. The zero-order valence-electron chi connectivity index (χ0n) is 15.0. The third-order valence-electron chi connectivity index (χ3n) is 4.54. The smallest absolute Gasteiger partial charge is 0.359 e. The Morgan fingerprint density at radius 3 is 2.44 bits per heavy atom. The normalized spacial score (nSPS) is 22.1. The lowest BCUT2D eigenvalue weighted by molar-refractivity contribution is 0.384. The minimum Gasteiger partial charge on any atom is -0.429 e. The highest BCUT2D eigenvalue weighted by Gasteiger charge is 2.45. The largest absolute Gasteiger partial charge is 0.429 e. The maximum atomic E-state index is 14.1. The van der Waals surface area contributed by atoms with E-state index < -0.39 is 7.52 Å². The summed E-state index contributed by atoms with van der Waals surface area (Å²) in [4.78, 5) is 1.01. The van der Waals surface area contributed by atoms with E-state index in [4.69, 9.17) is 16.1 Å². The predicted octanol–water partition coefficient (Wildman–Crippen LogP) is 6.63. The van der Waals surface area contributed by atoms with Gasteiger partial charge >= 0.3 is 7.52 Å². The van der Waals surface area contributed by atoms with Gasteiger partial charge in [0.1, 0.15) is 5.75 Å². The quantitative estimate of drug-likeness (QED) is 0.354. The summed E-state index contributed by atoms with van der Waals surface area (Å²) < 4.78 is 22.2. The molecule has 0 fully saturated rings. The number of hydrogen-bond donors (Lipinski definition) is 0. The Bertz CT molecular complexity index is 1010. The molecule has 0 spiro atoms. The Morgan fingerprint density at radius 2 is 1.74 bits per heavy atom. The molecule has 3 aromatic rings. The molecule has 27 heavy (non-hydrogen) atoms. The van der Waals surface area contributed by atoms with Gasteiger partial charge in [-0.1, -0.05) is 47.5 Å². The number of benzene rings is 3. The van der Waals surface area contributed by atoms with Crippen LogP contribution in [0.25, 0.3) is 0 Å². The first-order chi connectivity index (χ1) is 13.0. The van der Waals surface area contributed by atoms with Crippen LogP contribution in [0.15, 0.2) is 77.7 Å². The Kier molecular flexibility index (Phi) is 5.09. The summed E-state index contributed by atoms with van der Waals surface area (Å²) >= 11 is 7.66. The minimum absolute atomic E-state index is 0.134. The maximum absolute atomic E-state index is 14.1. The van der Waals surface area contributed by atoms with Gasteiger partial charge in [0.2, 0.25) is 0 Å². The van der Waals surface area contributed by atoms with E-state index in [2.05, 4.69) is 12.1 Å². The van der Waals surface area contributed by atoms with E-state index in [0.717, 1.165) is 10.5 Å². The molecular formula is C21H19ClNO2PS. The highest BCUT2D eigenvalue weighted by atomic mass is 35.5. The molecule has 138 valence electrons. The monoisotopic (exact) mass is 415 g/mol. The van der Waals surface area contributed by atoms with E-state index in [0.29, 0.717) is 16.1 Å². The van der Waals surface area contributed by atoms with Gasteiger partial charge in [0.05, 0.1) is 11.3 Å². The summed E-state index contributed by atoms with van der Waals surface area (Å²) in [6.45, 7) is 4.09. The zero-order valence-corrected chi connectivity index (χ0v) is 17.5. The summed E-state index contributed by atoms with van der Waals surface area (Å²) in [5.41, 5.74) is 2.12. The fourth-order valence-electron chi connectivity index (χ4n) is 3.07. The molecule has 3 nitrogen and oxygen atoms in total. The van der Waals surface area contributed by atoms with Crippen LogP contribution in [-0.2, 0) is 4.57 Å². The second kappa shape index (κ2) is 7.37. The van der Waals surface area contributed by atoms with Crippen molar-refractivity contribution in [1.82, 2.24) is 4.08 Å². The van der Waals surface area contributed by atoms with E-state index in [1.165, 1.54) is 17.5 Å². The summed E-state index contributed by atoms with van der Waals surface area (Å²) in [5, 5.41) is 1.32. The van der Waals surface area contributed by atoms with Gasteiger partial charge in [-0.3, -0.25) is 4.57 Å². The molecule has 0 amide bonds. The molecule has 0 saturated carbocycles. The van der Waals surface area contributed by atoms with Gasteiger partial charge < -0.3 is 4.52 Å². The van der Waals surface area contributed by atoms with Gasteiger partial charge in [-0.05, 0) is 68.3 Å². The van der Waals surface area contributed by atoms with Crippen LogP contribution in [0.4, 0.5) is 0 Å². The van der Waals surface area contributed by atoms with Gasteiger partial charge in [0, 0.05) is 15.5 Å². The number of halogens is 1. The number of rotatable bonds is 3. The first-order valence-corrected chi connectivity index (χ1v) is 11.4. The highest BCUT2D eigenvalue weighted by Crippen LogP contribution is 2.63. The molecule has 1 aliphatic rings. The molecule has 0 aromatic heterocycles. The van der Waals surface area contributed by atoms with Crippen molar-refractivity contribution in [2.75, 3.05) is 0 Å². The lowest BCUT2D eigenvalue weighted by Crippen LogP contribution is -2.30. The molecule has 0 bridgehead atoms. The highest BCUT2D eigenvalue weighted by molar-refractivity contribution is 8.02. The number of fused-ring (bicyclic) bond motifs is 1. The molecule has 1 aliphatic heterocycles. The maximum Gasteiger partial charge on any atom is 0.359 e. The first kappa shape index (κ1) is 18.6. The van der Waals surface area contributed by atoms with Crippen LogP contribution >= 0.6 is 31.1 Å². The lowest BCUT2D eigenvalue weighted by Gasteiger charge is -2.39. The number of nitrogens with zero attached hydrogens (tertiary/aromatic N) is 1. The second-order valence-corrected chi connectivity index (χ2v) is 10.4. The van der Waals surface area contributed by atoms with Crippen LogP contribution in [-0.4, -0.2) is 4.08 Å². The Hall–Kier alpha value is -1.71. The third kappa shape index (κ3) is 3.55. The number of aryl methyl sites for hydroxylation is 1. The Morgan fingerprint density at radius 1 is 1.04 bits per heavy atom. The summed E-state index contributed by atoms with van der Waals surface area (Å²) in [5.74, 6) is 0.625. The average molecular weight is 416 g/mol. The van der Waals surface area contributed by atoms with Gasteiger partial charge in [-0.25, -0.2) is 0 Å². The fourth-order valence-corrected chi connectivity index (χ4v) is 7.07. The van der Waals surface area contributed by atoms with Crippen molar-refractivity contribution in [3.8, 4) is 5.75 Å². The van der Waals surface area contributed by atoms with E-state index in [9.17, 15) is 4.57 Å². The second-order valence-electron chi connectivity index (χ2n) is 6.51. The van der Waals surface area contributed by atoms with Gasteiger partial charge in [0.25, 0.3) is 0 Å². The van der Waals surface area contributed by atoms with E-state index in [-0.39, 0.29) is 6.04 Å². The Labute approximate surface area is 169 Å². The molecule has 2 atom stereocenters. The topological polar surface area (TPSA) is 29.5 Å². The summed E-state index contributed by atoms with van der Waals surface area (Å²) in [6.07, 6.45) is 0. The first-order valence-electron chi connectivity index (χ1n) is 8.66. The van der Waals surface area contributed by atoms with Crippen LogP contribution in [0.3, 0.4) is 0 Å². The van der Waals surface area contributed by atoms with Crippen LogP contribution < -0.4 is 9.83 Å². The van der Waals surface area contributed by atoms with Crippen molar-refractivity contribution >= 4 is 36.4 Å². The van der Waals surface area contributed by atoms with Crippen LogP contribution in [0.1, 0.15) is 24.1 Å². The standard InChI is InChI=1S/C21H19ClNO2PS/c1-15-8-11-19(12-9-15)27-23-16(2)20-14-17(22)10-13-21(20)25-26(23,24)18-6-4-3-5-7-18/h3-14,16H,1-2H3. The molecule has 6 heteroatoms. The summed E-state index contributed by atoms with van der Waals surface area (Å²) in [7, 11) is -3.30. The van der Waals surface area contributed by atoms with E-state index >= 15 is 0 Å². The van der Waals surface area contributed by atoms with Crippen LogP contribution in [0.2, 0.25) is 5.02 Å². The molecule has 4 rings (SSSR count). The molecule has 3 aromatic carbocycles. The van der Waals surface area contributed by atoms with E-state index in [1.807, 2.05) is 66.5 Å². The predicted molar refractivity (Wildman–Crippen MR) is 113 cm³/mol. The molecule has 0 aliphatic carbocycles. The molecule has 0 N–H and O–H groups in total. The van der Waals surface area contributed by atoms with Crippen LogP contribution in [0.5, 0.6) is 5.75 Å². The van der Waals surface area contributed by atoms with E-state index in [1.54, 1.807) is 12.1 Å². The molecule has 1 heterocycles. The lowest BCUT2D eigenvalue weighted by atomic mass is 10.1. The van der Waals surface area contributed by atoms with Crippen molar-refractivity contribution in [3.05, 3.63) is 88.9 Å². The van der Waals surface area contributed by atoms with Gasteiger partial charge in [-0.15, -0.1) is 0 Å². The van der Waals surface area contributed by atoms with Crippen molar-refractivity contribution < 1.29 is 9.09 Å². The van der Waals surface area contributed by atoms with Crippen molar-refractivity contribution in [2.45, 2.75) is 24.8 Å². The van der Waals surface area contributed by atoms with Gasteiger partial charge in [-0.2, -0.15) is 4.08 Å². The van der Waals surface area contributed by atoms with Crippen molar-refractivity contribution in [1.29, 1.82) is 0 Å². The molecule has 2 unspecified atom stereocenters. The SMILES string of the molecule is Cc1ccc(SN2C(C)c3cc(Cl)ccc3OP2(=O)c2ccccc2)cc1. The fraction of sp³-hybridized carbons (Fsp3) is 0.143.